The molecule has 92 valence electrons. The Bertz CT molecular complexity index is 389. The van der Waals surface area contributed by atoms with Gasteiger partial charge in [-0.1, -0.05) is 31.4 Å². The average Bonchev–Trinajstić information content (AvgIpc) is 2.38. The van der Waals surface area contributed by atoms with Gasteiger partial charge in [-0.05, 0) is 25.0 Å². The first-order chi connectivity index (χ1) is 8.27. The van der Waals surface area contributed by atoms with Crippen LogP contribution in [0.4, 0.5) is 4.39 Å². The summed E-state index contributed by atoms with van der Waals surface area (Å²) >= 11 is 0. The van der Waals surface area contributed by atoms with Crippen LogP contribution in [0.15, 0.2) is 24.3 Å². The third kappa shape index (κ3) is 3.27. The Morgan fingerprint density at radius 2 is 1.94 bits per heavy atom. The van der Waals surface area contributed by atoms with Gasteiger partial charge in [-0.2, -0.15) is 0 Å². The maximum absolute atomic E-state index is 13.3. The van der Waals surface area contributed by atoms with Crippen molar-refractivity contribution in [1.82, 2.24) is 5.48 Å². The van der Waals surface area contributed by atoms with Crippen molar-refractivity contribution >= 4 is 5.97 Å². The van der Waals surface area contributed by atoms with Gasteiger partial charge in [0.05, 0.1) is 5.56 Å². The van der Waals surface area contributed by atoms with E-state index in [0.717, 1.165) is 25.7 Å². The molecule has 3 nitrogen and oxygen atoms in total. The van der Waals surface area contributed by atoms with E-state index in [-0.39, 0.29) is 11.6 Å². The molecule has 0 unspecified atom stereocenters. The zero-order chi connectivity index (χ0) is 12.1. The highest BCUT2D eigenvalue weighted by molar-refractivity contribution is 5.89. The molecular formula is C13H16FNO2. The summed E-state index contributed by atoms with van der Waals surface area (Å²) in [5, 5.41) is 0. The molecule has 1 N–H and O–H groups in total. The predicted molar refractivity (Wildman–Crippen MR) is 61.8 cm³/mol. The fraction of sp³-hybridized carbons (Fsp3) is 0.462. The number of nitrogens with one attached hydrogen (secondary N) is 1. The number of carbonyl (C=O) groups excluding carboxylic acids is 1. The Morgan fingerprint density at radius 3 is 2.65 bits per heavy atom. The quantitative estimate of drug-likeness (QED) is 0.821. The molecule has 4 heteroatoms. The minimum Gasteiger partial charge on any atom is -0.366 e. The topological polar surface area (TPSA) is 38.3 Å². The molecule has 1 aromatic rings. The van der Waals surface area contributed by atoms with Crippen molar-refractivity contribution in [2.24, 2.45) is 0 Å². The minimum atomic E-state index is -0.659. The van der Waals surface area contributed by atoms with Gasteiger partial charge in [-0.3, -0.25) is 0 Å². The molecule has 1 saturated carbocycles. The van der Waals surface area contributed by atoms with Crippen LogP contribution in [0.5, 0.6) is 0 Å². The van der Waals surface area contributed by atoms with Crippen molar-refractivity contribution in [3.05, 3.63) is 35.6 Å². The molecular weight excluding hydrogens is 221 g/mol. The average molecular weight is 237 g/mol. The van der Waals surface area contributed by atoms with Crippen molar-refractivity contribution in [3.63, 3.8) is 0 Å². The van der Waals surface area contributed by atoms with Gasteiger partial charge < -0.3 is 4.84 Å². The van der Waals surface area contributed by atoms with E-state index in [4.69, 9.17) is 4.84 Å². The normalized spacial score (nSPS) is 16.8. The highest BCUT2D eigenvalue weighted by Crippen LogP contribution is 2.17. The molecule has 0 heterocycles. The first kappa shape index (κ1) is 12.0. The fourth-order valence-corrected chi connectivity index (χ4v) is 2.04. The van der Waals surface area contributed by atoms with Crippen LogP contribution < -0.4 is 5.48 Å². The summed E-state index contributed by atoms with van der Waals surface area (Å²) in [7, 11) is 0. The molecule has 0 aromatic heterocycles. The third-order valence-corrected chi connectivity index (χ3v) is 3.02. The smallest absolute Gasteiger partial charge is 0.359 e. The molecule has 1 aromatic carbocycles. The Morgan fingerprint density at radius 1 is 1.24 bits per heavy atom. The first-order valence-corrected chi connectivity index (χ1v) is 5.98. The summed E-state index contributed by atoms with van der Waals surface area (Å²) in [6.07, 6.45) is 5.54. The lowest BCUT2D eigenvalue weighted by molar-refractivity contribution is 0.0108. The van der Waals surface area contributed by atoms with Gasteiger partial charge >= 0.3 is 5.97 Å². The molecule has 0 aliphatic heterocycles. The van der Waals surface area contributed by atoms with Crippen LogP contribution in [-0.2, 0) is 4.84 Å². The van der Waals surface area contributed by atoms with Crippen LogP contribution in [0.3, 0.4) is 0 Å². The van der Waals surface area contributed by atoms with Gasteiger partial charge in [-0.15, -0.1) is 5.48 Å². The zero-order valence-electron chi connectivity index (χ0n) is 9.62. The molecule has 0 amide bonds. The van der Waals surface area contributed by atoms with Crippen molar-refractivity contribution in [2.45, 2.75) is 38.1 Å². The Balaban J connectivity index is 1.87. The second-order valence-corrected chi connectivity index (χ2v) is 4.32. The van der Waals surface area contributed by atoms with Gasteiger partial charge in [0.15, 0.2) is 0 Å². The van der Waals surface area contributed by atoms with E-state index in [9.17, 15) is 9.18 Å². The van der Waals surface area contributed by atoms with Crippen molar-refractivity contribution in [3.8, 4) is 0 Å². The van der Waals surface area contributed by atoms with E-state index in [1.165, 1.54) is 18.6 Å². The Hall–Kier alpha value is -1.42. The van der Waals surface area contributed by atoms with Crippen LogP contribution in [-0.4, -0.2) is 12.0 Å². The number of halogens is 1. The van der Waals surface area contributed by atoms with Crippen LogP contribution in [0.2, 0.25) is 0 Å². The molecule has 0 atom stereocenters. The van der Waals surface area contributed by atoms with E-state index in [1.54, 1.807) is 12.1 Å². The number of hydroxylamine groups is 1. The monoisotopic (exact) mass is 237 g/mol. The predicted octanol–water partition coefficient (Wildman–Crippen LogP) is 2.82. The molecule has 0 spiro atoms. The highest BCUT2D eigenvalue weighted by atomic mass is 19.1. The molecule has 1 aliphatic carbocycles. The first-order valence-electron chi connectivity index (χ1n) is 5.98. The number of hydrogen-bond acceptors (Lipinski definition) is 3. The molecule has 17 heavy (non-hydrogen) atoms. The summed E-state index contributed by atoms with van der Waals surface area (Å²) in [6.45, 7) is 0. The summed E-state index contributed by atoms with van der Waals surface area (Å²) in [5.41, 5.74) is 2.70. The van der Waals surface area contributed by atoms with Gasteiger partial charge in [0.2, 0.25) is 0 Å². The van der Waals surface area contributed by atoms with Crippen LogP contribution in [0.1, 0.15) is 42.5 Å². The Kier molecular flexibility index (Phi) is 4.09. The van der Waals surface area contributed by atoms with Crippen molar-refractivity contribution in [2.75, 3.05) is 0 Å². The van der Waals surface area contributed by atoms with E-state index in [0.29, 0.717) is 0 Å². The third-order valence-electron chi connectivity index (χ3n) is 3.02. The molecule has 1 fully saturated rings. The maximum atomic E-state index is 13.3. The van der Waals surface area contributed by atoms with E-state index in [2.05, 4.69) is 5.48 Å². The number of rotatable bonds is 3. The lowest BCUT2D eigenvalue weighted by Crippen LogP contribution is -2.33. The summed E-state index contributed by atoms with van der Waals surface area (Å²) in [4.78, 5) is 16.5. The van der Waals surface area contributed by atoms with Crippen molar-refractivity contribution in [1.29, 1.82) is 0 Å². The number of hydrogen-bond donors (Lipinski definition) is 1. The fourth-order valence-electron chi connectivity index (χ4n) is 2.04. The SMILES string of the molecule is O=C(ONC1CCCCC1)c1ccccc1F. The zero-order valence-corrected chi connectivity index (χ0v) is 9.62. The maximum Gasteiger partial charge on any atom is 0.359 e. The second kappa shape index (κ2) is 5.77. The lowest BCUT2D eigenvalue weighted by Gasteiger charge is -2.21. The Labute approximate surface area is 99.9 Å². The highest BCUT2D eigenvalue weighted by Gasteiger charge is 2.17. The second-order valence-electron chi connectivity index (χ2n) is 4.32. The largest absolute Gasteiger partial charge is 0.366 e. The number of benzene rings is 1. The lowest BCUT2D eigenvalue weighted by atomic mass is 9.96. The molecule has 0 saturated heterocycles. The van der Waals surface area contributed by atoms with Gasteiger partial charge in [0, 0.05) is 6.04 Å². The van der Waals surface area contributed by atoms with Gasteiger partial charge in [-0.25, -0.2) is 9.18 Å². The van der Waals surface area contributed by atoms with E-state index < -0.39 is 11.8 Å². The van der Waals surface area contributed by atoms with Crippen LogP contribution >= 0.6 is 0 Å². The van der Waals surface area contributed by atoms with Crippen LogP contribution in [0, 0.1) is 5.82 Å². The number of carbonyl (C=O) groups is 1. The van der Waals surface area contributed by atoms with Gasteiger partial charge in [0.25, 0.3) is 0 Å². The molecule has 0 radical (unpaired) electrons. The molecule has 0 bridgehead atoms. The summed E-state index contributed by atoms with van der Waals surface area (Å²) < 4.78 is 13.3. The molecule has 2 rings (SSSR count). The molecule has 1 aliphatic rings. The standard InChI is InChI=1S/C13H16FNO2/c14-12-9-5-4-8-11(12)13(16)17-15-10-6-2-1-3-7-10/h4-5,8-10,15H,1-3,6-7H2. The van der Waals surface area contributed by atoms with Gasteiger partial charge in [0.1, 0.15) is 5.82 Å². The minimum absolute atomic E-state index is 0.0317. The van der Waals surface area contributed by atoms with E-state index >= 15 is 0 Å². The van der Waals surface area contributed by atoms with E-state index in [1.807, 2.05) is 0 Å². The van der Waals surface area contributed by atoms with Crippen molar-refractivity contribution < 1.29 is 14.0 Å². The summed E-state index contributed by atoms with van der Waals surface area (Å²) in [6, 6.07) is 6.03. The summed E-state index contributed by atoms with van der Waals surface area (Å²) in [5.74, 6) is -1.21. The van der Waals surface area contributed by atoms with Crippen LogP contribution in [0.25, 0.3) is 0 Å².